The lowest BCUT2D eigenvalue weighted by atomic mass is 10.1. The molecule has 1 aromatic carbocycles. The van der Waals surface area contributed by atoms with Crippen LogP contribution in [-0.4, -0.2) is 36.4 Å². The Morgan fingerprint density at radius 2 is 1.75 bits per heavy atom. The fourth-order valence-electron chi connectivity index (χ4n) is 1.59. The van der Waals surface area contributed by atoms with Gasteiger partial charge in [0.2, 0.25) is 0 Å². The van der Waals surface area contributed by atoms with Gasteiger partial charge in [-0.2, -0.15) is 0 Å². The highest BCUT2D eigenvalue weighted by Crippen LogP contribution is 2.45. The van der Waals surface area contributed by atoms with Gasteiger partial charge in [-0.25, -0.2) is 0 Å². The molecule has 0 unspecified atom stereocenters. The molecule has 1 aliphatic heterocycles. The molecule has 2 nitrogen and oxygen atoms in total. The van der Waals surface area contributed by atoms with Gasteiger partial charge >= 0.3 is 0 Å². The first-order valence-electron chi connectivity index (χ1n) is 5.23. The third kappa shape index (κ3) is 2.55. The van der Waals surface area contributed by atoms with Gasteiger partial charge in [-0.15, -0.1) is 23.5 Å². The Bertz CT molecular complexity index is 369. The maximum Gasteiger partial charge on any atom is 0.253 e. The quantitative estimate of drug-likeness (QED) is 0.808. The van der Waals surface area contributed by atoms with Crippen molar-refractivity contribution in [2.75, 3.05) is 25.6 Å². The summed E-state index contributed by atoms with van der Waals surface area (Å²) < 4.78 is 0.559. The van der Waals surface area contributed by atoms with E-state index in [1.54, 1.807) is 19.0 Å². The lowest BCUT2D eigenvalue weighted by Gasteiger charge is -2.12. The van der Waals surface area contributed by atoms with E-state index in [0.29, 0.717) is 4.58 Å². The zero-order chi connectivity index (χ0) is 11.5. The number of hydrogen-bond acceptors (Lipinski definition) is 3. The topological polar surface area (TPSA) is 20.3 Å². The van der Waals surface area contributed by atoms with Crippen LogP contribution in [0.15, 0.2) is 24.3 Å². The van der Waals surface area contributed by atoms with Crippen molar-refractivity contribution in [3.63, 3.8) is 0 Å². The summed E-state index contributed by atoms with van der Waals surface area (Å²) in [4.78, 5) is 13.3. The van der Waals surface area contributed by atoms with Crippen LogP contribution < -0.4 is 0 Å². The van der Waals surface area contributed by atoms with Crippen molar-refractivity contribution in [3.8, 4) is 0 Å². The number of benzene rings is 1. The summed E-state index contributed by atoms with van der Waals surface area (Å²) in [7, 11) is 3.55. The van der Waals surface area contributed by atoms with E-state index in [2.05, 4.69) is 12.1 Å². The third-order valence-corrected chi connectivity index (χ3v) is 5.56. The summed E-state index contributed by atoms with van der Waals surface area (Å²) in [5.41, 5.74) is 2.09. The van der Waals surface area contributed by atoms with E-state index in [-0.39, 0.29) is 5.91 Å². The summed E-state index contributed by atoms with van der Waals surface area (Å²) in [6.07, 6.45) is 0. The SMILES string of the molecule is CN(C)C(=O)c1ccc(C2SCCS2)cc1. The van der Waals surface area contributed by atoms with Crippen LogP contribution in [0, 0.1) is 0 Å². The molecule has 1 aromatic rings. The first-order chi connectivity index (χ1) is 7.68. The first-order valence-corrected chi connectivity index (χ1v) is 7.33. The van der Waals surface area contributed by atoms with Crippen molar-refractivity contribution in [3.05, 3.63) is 35.4 Å². The van der Waals surface area contributed by atoms with Crippen molar-refractivity contribution < 1.29 is 4.79 Å². The normalized spacial score (nSPS) is 16.4. The maximum absolute atomic E-state index is 11.7. The largest absolute Gasteiger partial charge is 0.345 e. The monoisotopic (exact) mass is 253 g/mol. The summed E-state index contributed by atoms with van der Waals surface area (Å²) in [6.45, 7) is 0. The highest BCUT2D eigenvalue weighted by Gasteiger charge is 2.18. The van der Waals surface area contributed by atoms with Gasteiger partial charge in [0, 0.05) is 31.2 Å². The predicted octanol–water partition coefficient (Wildman–Crippen LogP) is 2.87. The van der Waals surface area contributed by atoms with Crippen molar-refractivity contribution in [1.29, 1.82) is 0 Å². The van der Waals surface area contributed by atoms with Crippen molar-refractivity contribution in [1.82, 2.24) is 4.90 Å². The Morgan fingerprint density at radius 1 is 1.19 bits per heavy atom. The van der Waals surface area contributed by atoms with Gasteiger partial charge in [0.05, 0.1) is 4.58 Å². The zero-order valence-electron chi connectivity index (χ0n) is 9.47. The van der Waals surface area contributed by atoms with E-state index < -0.39 is 0 Å². The lowest BCUT2D eigenvalue weighted by molar-refractivity contribution is 0.0827. The number of hydrogen-bond donors (Lipinski definition) is 0. The van der Waals surface area contributed by atoms with Crippen LogP contribution in [0.3, 0.4) is 0 Å². The zero-order valence-corrected chi connectivity index (χ0v) is 11.1. The molecule has 0 bridgehead atoms. The summed E-state index contributed by atoms with van der Waals surface area (Å²) in [6, 6.07) is 8.01. The van der Waals surface area contributed by atoms with E-state index in [0.717, 1.165) is 5.56 Å². The van der Waals surface area contributed by atoms with Gasteiger partial charge in [0.1, 0.15) is 0 Å². The second kappa shape index (κ2) is 5.15. The van der Waals surface area contributed by atoms with E-state index in [4.69, 9.17) is 0 Å². The van der Waals surface area contributed by atoms with Crippen LogP contribution in [0.1, 0.15) is 20.5 Å². The molecule has 16 heavy (non-hydrogen) atoms. The number of thioether (sulfide) groups is 2. The summed E-state index contributed by atoms with van der Waals surface area (Å²) in [5, 5.41) is 0. The minimum Gasteiger partial charge on any atom is -0.345 e. The van der Waals surface area contributed by atoms with Gasteiger partial charge < -0.3 is 4.90 Å². The van der Waals surface area contributed by atoms with Gasteiger partial charge in [-0.05, 0) is 17.7 Å². The van der Waals surface area contributed by atoms with E-state index >= 15 is 0 Å². The molecule has 1 amide bonds. The Kier molecular flexibility index (Phi) is 3.82. The molecule has 0 N–H and O–H groups in total. The van der Waals surface area contributed by atoms with Crippen LogP contribution in [0.2, 0.25) is 0 Å². The van der Waals surface area contributed by atoms with Crippen LogP contribution in [0.25, 0.3) is 0 Å². The fraction of sp³-hybridized carbons (Fsp3) is 0.417. The smallest absolute Gasteiger partial charge is 0.253 e. The van der Waals surface area contributed by atoms with Crippen LogP contribution in [0.5, 0.6) is 0 Å². The molecule has 4 heteroatoms. The van der Waals surface area contributed by atoms with Crippen molar-refractivity contribution in [2.45, 2.75) is 4.58 Å². The molecule has 1 saturated heterocycles. The molecule has 0 aromatic heterocycles. The van der Waals surface area contributed by atoms with Crippen LogP contribution in [0.4, 0.5) is 0 Å². The molecule has 0 atom stereocenters. The summed E-state index contributed by atoms with van der Waals surface area (Å²) in [5.74, 6) is 2.53. The Balaban J connectivity index is 2.12. The number of carbonyl (C=O) groups excluding carboxylic acids is 1. The number of amides is 1. The molecule has 0 saturated carbocycles. The van der Waals surface area contributed by atoms with E-state index in [1.165, 1.54) is 17.1 Å². The fourth-order valence-corrected chi connectivity index (χ4v) is 4.45. The highest BCUT2D eigenvalue weighted by molar-refractivity contribution is 8.19. The van der Waals surface area contributed by atoms with E-state index in [1.807, 2.05) is 35.7 Å². The lowest BCUT2D eigenvalue weighted by Crippen LogP contribution is -2.21. The number of carbonyl (C=O) groups is 1. The average molecular weight is 253 g/mol. The van der Waals surface area contributed by atoms with Gasteiger partial charge in [-0.1, -0.05) is 12.1 Å². The van der Waals surface area contributed by atoms with Crippen LogP contribution >= 0.6 is 23.5 Å². The van der Waals surface area contributed by atoms with Crippen molar-refractivity contribution in [2.24, 2.45) is 0 Å². The van der Waals surface area contributed by atoms with Gasteiger partial charge in [-0.3, -0.25) is 4.79 Å². The standard InChI is InChI=1S/C12H15NOS2/c1-13(2)11(14)9-3-5-10(6-4-9)12-15-7-8-16-12/h3-6,12H,7-8H2,1-2H3. The minimum atomic E-state index is 0.0679. The highest BCUT2D eigenvalue weighted by atomic mass is 32.2. The Hall–Kier alpha value is -0.610. The second-order valence-electron chi connectivity index (χ2n) is 3.90. The van der Waals surface area contributed by atoms with Gasteiger partial charge in [0.15, 0.2) is 0 Å². The predicted molar refractivity (Wildman–Crippen MR) is 72.1 cm³/mol. The van der Waals surface area contributed by atoms with Gasteiger partial charge in [0.25, 0.3) is 5.91 Å². The number of nitrogens with zero attached hydrogens (tertiary/aromatic N) is 1. The minimum absolute atomic E-state index is 0.0679. The molecule has 0 spiro atoms. The first kappa shape index (κ1) is 11.9. The molecular weight excluding hydrogens is 238 g/mol. The van der Waals surface area contributed by atoms with Crippen molar-refractivity contribution >= 4 is 29.4 Å². The average Bonchev–Trinajstić information content (AvgIpc) is 2.81. The van der Waals surface area contributed by atoms with E-state index in [9.17, 15) is 4.79 Å². The molecule has 86 valence electrons. The summed E-state index contributed by atoms with van der Waals surface area (Å²) >= 11 is 3.97. The van der Waals surface area contributed by atoms with Crippen LogP contribution in [-0.2, 0) is 0 Å². The molecule has 0 radical (unpaired) electrons. The molecule has 2 rings (SSSR count). The maximum atomic E-state index is 11.7. The molecule has 0 aliphatic carbocycles. The number of rotatable bonds is 2. The molecule has 1 aliphatic rings. The molecule has 1 heterocycles. The molecular formula is C12H15NOS2. The Morgan fingerprint density at radius 3 is 2.25 bits per heavy atom. The molecule has 1 fully saturated rings. The third-order valence-electron chi connectivity index (χ3n) is 2.46. The second-order valence-corrected chi connectivity index (χ2v) is 6.62. The Labute approximate surface area is 105 Å².